The van der Waals surface area contributed by atoms with Crippen LogP contribution in [0.4, 0.5) is 0 Å². The molecule has 1 aromatic carbocycles. The summed E-state index contributed by atoms with van der Waals surface area (Å²) in [6.07, 6.45) is 2.28. The molecular weight excluding hydrogens is 160 g/mol. The summed E-state index contributed by atoms with van der Waals surface area (Å²) in [4.78, 5) is 0. The number of aryl methyl sites for hydroxylation is 1. The molecule has 0 spiro atoms. The van der Waals surface area contributed by atoms with Crippen LogP contribution in [0.15, 0.2) is 18.2 Å². The van der Waals surface area contributed by atoms with Crippen LogP contribution < -0.4 is 0 Å². The van der Waals surface area contributed by atoms with Crippen molar-refractivity contribution in [3.63, 3.8) is 0 Å². The molecule has 2 aliphatic rings. The lowest BCUT2D eigenvalue weighted by Gasteiger charge is -2.14. The molecule has 1 aromatic rings. The maximum absolute atomic E-state index is 9.94. The second-order valence-corrected chi connectivity index (χ2v) is 4.41. The monoisotopic (exact) mass is 174 g/mol. The standard InChI is InChI=1S/C12H14O/c1-7-2-3-8-9-4-5-10(12(9)13)11(8)6-7/h2-3,6,9-10,12-13H,4-5H2,1H3. The first-order valence-corrected chi connectivity index (χ1v) is 5.06. The first kappa shape index (κ1) is 7.57. The Bertz CT molecular complexity index is 356. The molecule has 13 heavy (non-hydrogen) atoms. The second-order valence-electron chi connectivity index (χ2n) is 4.41. The van der Waals surface area contributed by atoms with Crippen molar-refractivity contribution in [2.45, 2.75) is 37.7 Å². The summed E-state index contributed by atoms with van der Waals surface area (Å²) in [6, 6.07) is 6.62. The number of aliphatic hydroxyl groups is 1. The minimum absolute atomic E-state index is 0.0863. The third-order valence-corrected chi connectivity index (χ3v) is 3.65. The van der Waals surface area contributed by atoms with Crippen molar-refractivity contribution in [2.24, 2.45) is 0 Å². The molecule has 0 radical (unpaired) electrons. The van der Waals surface area contributed by atoms with E-state index in [2.05, 4.69) is 25.1 Å². The highest BCUT2D eigenvalue weighted by molar-refractivity contribution is 5.45. The molecule has 2 aliphatic carbocycles. The van der Waals surface area contributed by atoms with E-state index in [0.717, 1.165) is 0 Å². The summed E-state index contributed by atoms with van der Waals surface area (Å²) in [5.74, 6) is 0.889. The molecule has 0 aromatic heterocycles. The summed E-state index contributed by atoms with van der Waals surface area (Å²) < 4.78 is 0. The largest absolute Gasteiger partial charge is 0.392 e. The Balaban J connectivity index is 2.19. The van der Waals surface area contributed by atoms with Gasteiger partial charge in [0.15, 0.2) is 0 Å². The minimum Gasteiger partial charge on any atom is -0.392 e. The van der Waals surface area contributed by atoms with Crippen molar-refractivity contribution in [2.75, 3.05) is 0 Å². The van der Waals surface area contributed by atoms with Crippen LogP contribution in [0.3, 0.4) is 0 Å². The quantitative estimate of drug-likeness (QED) is 0.640. The lowest BCUT2D eigenvalue weighted by molar-refractivity contribution is 0.159. The fourth-order valence-corrected chi connectivity index (χ4v) is 3.01. The van der Waals surface area contributed by atoms with E-state index in [0.29, 0.717) is 11.8 Å². The molecule has 0 heterocycles. The third kappa shape index (κ3) is 0.856. The van der Waals surface area contributed by atoms with Crippen molar-refractivity contribution in [3.05, 3.63) is 34.9 Å². The van der Waals surface area contributed by atoms with Gasteiger partial charge < -0.3 is 5.11 Å². The molecule has 3 rings (SSSR count). The van der Waals surface area contributed by atoms with Crippen molar-refractivity contribution in [1.82, 2.24) is 0 Å². The van der Waals surface area contributed by atoms with Gasteiger partial charge in [0.05, 0.1) is 6.10 Å². The van der Waals surface area contributed by atoms with E-state index in [1.54, 1.807) is 0 Å². The highest BCUT2D eigenvalue weighted by atomic mass is 16.3. The van der Waals surface area contributed by atoms with E-state index in [9.17, 15) is 5.11 Å². The Labute approximate surface area is 78.4 Å². The van der Waals surface area contributed by atoms with Gasteiger partial charge in [-0.05, 0) is 30.9 Å². The van der Waals surface area contributed by atoms with E-state index >= 15 is 0 Å². The first-order valence-electron chi connectivity index (χ1n) is 5.06. The number of fused-ring (bicyclic) bond motifs is 5. The lowest BCUT2D eigenvalue weighted by Crippen LogP contribution is -2.08. The Morgan fingerprint density at radius 2 is 1.85 bits per heavy atom. The van der Waals surface area contributed by atoms with Crippen LogP contribution in [0.5, 0.6) is 0 Å². The Morgan fingerprint density at radius 1 is 1.15 bits per heavy atom. The number of hydrogen-bond donors (Lipinski definition) is 1. The van der Waals surface area contributed by atoms with Gasteiger partial charge in [-0.1, -0.05) is 23.8 Å². The third-order valence-electron chi connectivity index (χ3n) is 3.65. The van der Waals surface area contributed by atoms with Gasteiger partial charge in [0, 0.05) is 11.8 Å². The smallest absolute Gasteiger partial charge is 0.0677 e. The minimum atomic E-state index is -0.0863. The average Bonchev–Trinajstić information content (AvgIpc) is 2.59. The number of hydrogen-bond acceptors (Lipinski definition) is 1. The van der Waals surface area contributed by atoms with E-state index in [1.165, 1.54) is 29.5 Å². The molecule has 0 saturated heterocycles. The molecule has 0 aliphatic heterocycles. The molecule has 1 fully saturated rings. The highest BCUT2D eigenvalue weighted by Gasteiger charge is 2.44. The van der Waals surface area contributed by atoms with Gasteiger partial charge in [0.25, 0.3) is 0 Å². The van der Waals surface area contributed by atoms with E-state index in [4.69, 9.17) is 0 Å². The van der Waals surface area contributed by atoms with E-state index in [1.807, 2.05) is 0 Å². The SMILES string of the molecule is Cc1ccc2c(c1)C1CCC2C1O. The number of benzene rings is 1. The Morgan fingerprint density at radius 3 is 2.62 bits per heavy atom. The Hall–Kier alpha value is -0.820. The van der Waals surface area contributed by atoms with Crippen LogP contribution >= 0.6 is 0 Å². The van der Waals surface area contributed by atoms with Crippen LogP contribution in [-0.2, 0) is 0 Å². The first-order chi connectivity index (χ1) is 6.27. The molecule has 1 N–H and O–H groups in total. The van der Waals surface area contributed by atoms with Crippen LogP contribution in [0, 0.1) is 6.92 Å². The molecule has 3 atom stereocenters. The predicted molar refractivity (Wildman–Crippen MR) is 51.9 cm³/mol. The molecule has 1 nitrogen and oxygen atoms in total. The van der Waals surface area contributed by atoms with Gasteiger partial charge in [-0.3, -0.25) is 0 Å². The lowest BCUT2D eigenvalue weighted by atomic mass is 9.91. The second kappa shape index (κ2) is 2.36. The maximum Gasteiger partial charge on any atom is 0.0677 e. The normalized spacial score (nSPS) is 35.1. The fraction of sp³-hybridized carbons (Fsp3) is 0.500. The van der Waals surface area contributed by atoms with Crippen LogP contribution in [-0.4, -0.2) is 11.2 Å². The van der Waals surface area contributed by atoms with Gasteiger partial charge in [-0.2, -0.15) is 0 Å². The summed E-state index contributed by atoms with van der Waals surface area (Å²) in [5.41, 5.74) is 4.15. The van der Waals surface area contributed by atoms with E-state index < -0.39 is 0 Å². The predicted octanol–water partition coefficient (Wildman–Crippen LogP) is 2.33. The maximum atomic E-state index is 9.94. The van der Waals surface area contributed by atoms with Crippen molar-refractivity contribution in [1.29, 1.82) is 0 Å². The van der Waals surface area contributed by atoms with Gasteiger partial charge in [0.1, 0.15) is 0 Å². The van der Waals surface area contributed by atoms with Crippen LogP contribution in [0.2, 0.25) is 0 Å². The fourth-order valence-electron chi connectivity index (χ4n) is 3.01. The molecule has 68 valence electrons. The zero-order valence-corrected chi connectivity index (χ0v) is 7.83. The van der Waals surface area contributed by atoms with Crippen molar-refractivity contribution in [3.8, 4) is 0 Å². The van der Waals surface area contributed by atoms with Crippen molar-refractivity contribution < 1.29 is 5.11 Å². The van der Waals surface area contributed by atoms with Gasteiger partial charge in [-0.15, -0.1) is 0 Å². The molecule has 3 unspecified atom stereocenters. The molecule has 1 heteroatoms. The molecule has 2 bridgehead atoms. The molecule has 1 saturated carbocycles. The van der Waals surface area contributed by atoms with Crippen molar-refractivity contribution >= 4 is 0 Å². The van der Waals surface area contributed by atoms with Gasteiger partial charge in [-0.25, -0.2) is 0 Å². The average molecular weight is 174 g/mol. The number of rotatable bonds is 0. The van der Waals surface area contributed by atoms with Crippen LogP contribution in [0.25, 0.3) is 0 Å². The van der Waals surface area contributed by atoms with Crippen LogP contribution in [0.1, 0.15) is 41.4 Å². The zero-order chi connectivity index (χ0) is 9.00. The zero-order valence-electron chi connectivity index (χ0n) is 7.83. The Kier molecular flexibility index (Phi) is 1.37. The summed E-state index contributed by atoms with van der Waals surface area (Å²) >= 11 is 0. The summed E-state index contributed by atoms with van der Waals surface area (Å²) in [6.45, 7) is 2.12. The molecule has 0 amide bonds. The summed E-state index contributed by atoms with van der Waals surface area (Å²) in [5, 5.41) is 9.94. The van der Waals surface area contributed by atoms with E-state index in [-0.39, 0.29) is 6.10 Å². The molecular formula is C12H14O. The highest BCUT2D eigenvalue weighted by Crippen LogP contribution is 2.53. The van der Waals surface area contributed by atoms with Gasteiger partial charge in [0.2, 0.25) is 0 Å². The van der Waals surface area contributed by atoms with Gasteiger partial charge >= 0.3 is 0 Å². The summed E-state index contributed by atoms with van der Waals surface area (Å²) in [7, 11) is 0. The number of aliphatic hydroxyl groups excluding tert-OH is 1. The topological polar surface area (TPSA) is 20.2 Å².